The van der Waals surface area contributed by atoms with Crippen LogP contribution in [0.15, 0.2) is 42.5 Å². The molecule has 0 saturated carbocycles. The molecule has 24 heavy (non-hydrogen) atoms. The number of nitrogens with zero attached hydrogens (tertiary/aromatic N) is 1. The average Bonchev–Trinajstić information content (AvgIpc) is 2.59. The maximum absolute atomic E-state index is 13.3. The van der Waals surface area contributed by atoms with Gasteiger partial charge in [0.2, 0.25) is 0 Å². The predicted octanol–water partition coefficient (Wildman–Crippen LogP) is 3.90. The lowest BCUT2D eigenvalue weighted by Gasteiger charge is -2.22. The second-order valence-electron chi connectivity index (χ2n) is 5.25. The zero-order valence-electron chi connectivity index (χ0n) is 14.2. The number of halogens is 1. The van der Waals surface area contributed by atoms with E-state index in [1.54, 1.807) is 35.2 Å². The van der Waals surface area contributed by atoms with E-state index in [9.17, 15) is 9.18 Å². The highest BCUT2D eigenvalue weighted by molar-refractivity contribution is 5.94. The molecule has 0 aliphatic carbocycles. The lowest BCUT2D eigenvalue weighted by atomic mass is 10.1. The number of hydrogen-bond donors (Lipinski definition) is 0. The van der Waals surface area contributed by atoms with E-state index < -0.39 is 0 Å². The lowest BCUT2D eigenvalue weighted by Crippen LogP contribution is -2.30. The third kappa shape index (κ3) is 4.25. The molecule has 0 heterocycles. The molecule has 128 valence electrons. The van der Waals surface area contributed by atoms with E-state index in [1.807, 2.05) is 13.8 Å². The Morgan fingerprint density at radius 2 is 1.92 bits per heavy atom. The van der Waals surface area contributed by atoms with E-state index in [2.05, 4.69) is 0 Å². The summed E-state index contributed by atoms with van der Waals surface area (Å²) < 4.78 is 24.1. The molecule has 1 amide bonds. The highest BCUT2D eigenvalue weighted by Crippen LogP contribution is 2.28. The van der Waals surface area contributed by atoms with Gasteiger partial charge < -0.3 is 14.4 Å². The van der Waals surface area contributed by atoms with Gasteiger partial charge >= 0.3 is 0 Å². The van der Waals surface area contributed by atoms with Crippen molar-refractivity contribution in [3.05, 3.63) is 59.4 Å². The van der Waals surface area contributed by atoms with Gasteiger partial charge in [0.25, 0.3) is 5.91 Å². The summed E-state index contributed by atoms with van der Waals surface area (Å²) in [5, 5.41) is 0. The summed E-state index contributed by atoms with van der Waals surface area (Å²) in [4.78, 5) is 14.4. The Bertz CT molecular complexity index is 703. The third-order valence-electron chi connectivity index (χ3n) is 3.64. The van der Waals surface area contributed by atoms with Gasteiger partial charge in [-0.05, 0) is 49.7 Å². The molecule has 0 fully saturated rings. The summed E-state index contributed by atoms with van der Waals surface area (Å²) >= 11 is 0. The van der Waals surface area contributed by atoms with Crippen LogP contribution in [-0.4, -0.2) is 31.1 Å². The summed E-state index contributed by atoms with van der Waals surface area (Å²) in [6.07, 6.45) is 0. The quantitative estimate of drug-likeness (QED) is 0.772. The van der Waals surface area contributed by atoms with Crippen LogP contribution in [0.4, 0.5) is 4.39 Å². The van der Waals surface area contributed by atoms with E-state index in [0.29, 0.717) is 36.8 Å². The van der Waals surface area contributed by atoms with E-state index in [1.165, 1.54) is 19.2 Å². The lowest BCUT2D eigenvalue weighted by molar-refractivity contribution is 0.0752. The summed E-state index contributed by atoms with van der Waals surface area (Å²) in [5.74, 6) is 0.677. The van der Waals surface area contributed by atoms with Crippen molar-refractivity contribution in [2.24, 2.45) is 0 Å². The molecule has 5 heteroatoms. The Labute approximate surface area is 141 Å². The van der Waals surface area contributed by atoms with Crippen molar-refractivity contribution in [2.75, 3.05) is 20.3 Å². The summed E-state index contributed by atoms with van der Waals surface area (Å²) in [6.45, 7) is 5.16. The molecule has 2 rings (SSSR count). The molecular weight excluding hydrogens is 309 g/mol. The first kappa shape index (κ1) is 17.8. The van der Waals surface area contributed by atoms with Gasteiger partial charge in [0.15, 0.2) is 11.5 Å². The minimum atomic E-state index is -0.307. The summed E-state index contributed by atoms with van der Waals surface area (Å²) in [7, 11) is 1.54. The number of amides is 1. The number of benzene rings is 2. The zero-order valence-corrected chi connectivity index (χ0v) is 14.2. The van der Waals surface area contributed by atoms with Crippen molar-refractivity contribution in [1.29, 1.82) is 0 Å². The molecule has 0 saturated heterocycles. The molecule has 0 aliphatic rings. The number of carbonyl (C=O) groups excluding carboxylic acids is 1. The van der Waals surface area contributed by atoms with Crippen LogP contribution in [-0.2, 0) is 6.54 Å². The molecule has 0 atom stereocenters. The Hall–Kier alpha value is -2.56. The minimum Gasteiger partial charge on any atom is -0.493 e. The number of carbonyl (C=O) groups is 1. The Balaban J connectivity index is 2.21. The molecule has 0 aliphatic heterocycles. The fourth-order valence-corrected chi connectivity index (χ4v) is 2.44. The predicted molar refractivity (Wildman–Crippen MR) is 91.0 cm³/mol. The van der Waals surface area contributed by atoms with Gasteiger partial charge in [0, 0.05) is 18.7 Å². The van der Waals surface area contributed by atoms with E-state index >= 15 is 0 Å². The van der Waals surface area contributed by atoms with Crippen LogP contribution in [0.1, 0.15) is 29.8 Å². The van der Waals surface area contributed by atoms with Gasteiger partial charge in [-0.15, -0.1) is 0 Å². The first-order chi connectivity index (χ1) is 11.6. The highest BCUT2D eigenvalue weighted by Gasteiger charge is 2.17. The standard InChI is InChI=1S/C19H22FNO3/c1-4-21(13-14-7-6-8-16(20)11-14)19(22)15-9-10-17(24-5-2)18(12-15)23-3/h6-12H,4-5,13H2,1-3H3. The van der Waals surface area contributed by atoms with Crippen molar-refractivity contribution in [2.45, 2.75) is 20.4 Å². The van der Waals surface area contributed by atoms with Gasteiger partial charge in [-0.1, -0.05) is 12.1 Å². The average molecular weight is 331 g/mol. The molecule has 2 aromatic carbocycles. The van der Waals surface area contributed by atoms with Crippen molar-refractivity contribution < 1.29 is 18.7 Å². The van der Waals surface area contributed by atoms with E-state index in [0.717, 1.165) is 5.56 Å². The van der Waals surface area contributed by atoms with Crippen LogP contribution in [0.3, 0.4) is 0 Å². The summed E-state index contributed by atoms with van der Waals surface area (Å²) in [6, 6.07) is 11.4. The molecule has 0 spiro atoms. The topological polar surface area (TPSA) is 38.8 Å². The van der Waals surface area contributed by atoms with Crippen molar-refractivity contribution >= 4 is 5.91 Å². The number of rotatable bonds is 7. The molecule has 0 bridgehead atoms. The zero-order chi connectivity index (χ0) is 17.5. The smallest absolute Gasteiger partial charge is 0.254 e. The monoisotopic (exact) mass is 331 g/mol. The Kier molecular flexibility index (Phi) is 6.18. The van der Waals surface area contributed by atoms with Crippen LogP contribution in [0.5, 0.6) is 11.5 Å². The molecule has 0 aromatic heterocycles. The van der Waals surface area contributed by atoms with Crippen molar-refractivity contribution in [3.8, 4) is 11.5 Å². The second kappa shape index (κ2) is 8.34. The van der Waals surface area contributed by atoms with Gasteiger partial charge in [-0.3, -0.25) is 4.79 Å². The van der Waals surface area contributed by atoms with Crippen molar-refractivity contribution in [1.82, 2.24) is 4.90 Å². The Morgan fingerprint density at radius 1 is 1.12 bits per heavy atom. The molecule has 0 N–H and O–H groups in total. The third-order valence-corrected chi connectivity index (χ3v) is 3.64. The molecule has 0 unspecified atom stereocenters. The normalized spacial score (nSPS) is 10.3. The highest BCUT2D eigenvalue weighted by atomic mass is 19.1. The van der Waals surface area contributed by atoms with Gasteiger partial charge in [-0.2, -0.15) is 0 Å². The van der Waals surface area contributed by atoms with Crippen LogP contribution in [0.2, 0.25) is 0 Å². The Morgan fingerprint density at radius 3 is 2.54 bits per heavy atom. The fourth-order valence-electron chi connectivity index (χ4n) is 2.44. The van der Waals surface area contributed by atoms with Gasteiger partial charge in [0.05, 0.1) is 13.7 Å². The van der Waals surface area contributed by atoms with Crippen molar-refractivity contribution in [3.63, 3.8) is 0 Å². The SMILES string of the molecule is CCOc1ccc(C(=O)N(CC)Cc2cccc(F)c2)cc1OC. The molecule has 0 radical (unpaired) electrons. The number of methoxy groups -OCH3 is 1. The van der Waals surface area contributed by atoms with E-state index in [-0.39, 0.29) is 11.7 Å². The largest absolute Gasteiger partial charge is 0.493 e. The second-order valence-corrected chi connectivity index (χ2v) is 5.25. The van der Waals surface area contributed by atoms with Crippen LogP contribution in [0, 0.1) is 5.82 Å². The molecule has 2 aromatic rings. The number of ether oxygens (including phenoxy) is 2. The minimum absolute atomic E-state index is 0.136. The van der Waals surface area contributed by atoms with Crippen LogP contribution >= 0.6 is 0 Å². The fraction of sp³-hybridized carbons (Fsp3) is 0.316. The first-order valence-corrected chi connectivity index (χ1v) is 7.93. The molecular formula is C19H22FNO3. The molecule has 4 nitrogen and oxygen atoms in total. The first-order valence-electron chi connectivity index (χ1n) is 7.93. The van der Waals surface area contributed by atoms with Gasteiger partial charge in [-0.25, -0.2) is 4.39 Å². The van der Waals surface area contributed by atoms with E-state index in [4.69, 9.17) is 9.47 Å². The number of hydrogen-bond acceptors (Lipinski definition) is 3. The van der Waals surface area contributed by atoms with Crippen LogP contribution in [0.25, 0.3) is 0 Å². The maximum atomic E-state index is 13.3. The van der Waals surface area contributed by atoms with Crippen LogP contribution < -0.4 is 9.47 Å². The van der Waals surface area contributed by atoms with Gasteiger partial charge in [0.1, 0.15) is 5.82 Å². The maximum Gasteiger partial charge on any atom is 0.254 e. The summed E-state index contributed by atoms with van der Waals surface area (Å²) in [5.41, 5.74) is 1.26.